The van der Waals surface area contributed by atoms with E-state index >= 15 is 0 Å². The standard InChI is InChI=1S/C10H10IN3O/c1-6(12)9-13-14-10(15-9)7-2-4-8(11)5-3-7/h2-6H,12H2,1H3. The highest BCUT2D eigenvalue weighted by atomic mass is 127. The lowest BCUT2D eigenvalue weighted by Crippen LogP contribution is -2.04. The van der Waals surface area contributed by atoms with E-state index in [-0.39, 0.29) is 6.04 Å². The normalized spacial score (nSPS) is 12.7. The van der Waals surface area contributed by atoms with E-state index in [4.69, 9.17) is 10.2 Å². The van der Waals surface area contributed by atoms with Crippen molar-refractivity contribution in [2.75, 3.05) is 0 Å². The lowest BCUT2D eigenvalue weighted by atomic mass is 10.2. The van der Waals surface area contributed by atoms with Gasteiger partial charge in [-0.05, 0) is 53.8 Å². The van der Waals surface area contributed by atoms with Crippen LogP contribution >= 0.6 is 22.6 Å². The van der Waals surface area contributed by atoms with Crippen molar-refractivity contribution in [2.45, 2.75) is 13.0 Å². The third-order valence-corrected chi connectivity index (χ3v) is 2.64. The zero-order chi connectivity index (χ0) is 10.8. The average molecular weight is 315 g/mol. The van der Waals surface area contributed by atoms with Gasteiger partial charge in [0.1, 0.15) is 0 Å². The smallest absolute Gasteiger partial charge is 0.247 e. The summed E-state index contributed by atoms with van der Waals surface area (Å²) in [5.74, 6) is 0.974. The molecule has 0 radical (unpaired) electrons. The minimum Gasteiger partial charge on any atom is -0.419 e. The zero-order valence-corrected chi connectivity index (χ0v) is 10.3. The number of nitrogens with zero attached hydrogens (tertiary/aromatic N) is 2. The van der Waals surface area contributed by atoms with Crippen LogP contribution in [0.3, 0.4) is 0 Å². The average Bonchev–Trinajstić information content (AvgIpc) is 2.68. The van der Waals surface area contributed by atoms with Gasteiger partial charge < -0.3 is 10.2 Å². The lowest BCUT2D eigenvalue weighted by Gasteiger charge is -1.96. The molecule has 5 heteroatoms. The van der Waals surface area contributed by atoms with E-state index < -0.39 is 0 Å². The number of hydrogen-bond acceptors (Lipinski definition) is 4. The monoisotopic (exact) mass is 315 g/mol. The molecule has 2 rings (SSSR count). The van der Waals surface area contributed by atoms with Gasteiger partial charge in [-0.2, -0.15) is 0 Å². The van der Waals surface area contributed by atoms with Crippen LogP contribution in [0.15, 0.2) is 28.7 Å². The second-order valence-electron chi connectivity index (χ2n) is 3.24. The summed E-state index contributed by atoms with van der Waals surface area (Å²) in [7, 11) is 0. The van der Waals surface area contributed by atoms with Gasteiger partial charge in [-0.25, -0.2) is 0 Å². The highest BCUT2D eigenvalue weighted by Crippen LogP contribution is 2.20. The van der Waals surface area contributed by atoms with Crippen LogP contribution in [0.4, 0.5) is 0 Å². The number of rotatable bonds is 2. The van der Waals surface area contributed by atoms with E-state index in [2.05, 4.69) is 32.8 Å². The Labute approximate surface area is 101 Å². The molecule has 1 atom stereocenters. The molecule has 0 aliphatic rings. The van der Waals surface area contributed by atoms with E-state index in [9.17, 15) is 0 Å². The molecular weight excluding hydrogens is 305 g/mol. The summed E-state index contributed by atoms with van der Waals surface area (Å²) < 4.78 is 6.59. The Morgan fingerprint density at radius 2 is 1.93 bits per heavy atom. The van der Waals surface area contributed by atoms with Crippen molar-refractivity contribution in [2.24, 2.45) is 5.73 Å². The van der Waals surface area contributed by atoms with Gasteiger partial charge in [0, 0.05) is 9.13 Å². The van der Waals surface area contributed by atoms with E-state index in [0.29, 0.717) is 11.8 Å². The van der Waals surface area contributed by atoms with Gasteiger partial charge in [0.25, 0.3) is 0 Å². The molecule has 2 aromatic rings. The Balaban J connectivity index is 2.33. The molecule has 0 spiro atoms. The molecule has 1 heterocycles. The summed E-state index contributed by atoms with van der Waals surface area (Å²) in [6.45, 7) is 1.81. The molecule has 0 aliphatic heterocycles. The van der Waals surface area contributed by atoms with Gasteiger partial charge >= 0.3 is 0 Å². The molecule has 2 N–H and O–H groups in total. The minimum atomic E-state index is -0.227. The maximum atomic E-state index is 5.63. The van der Waals surface area contributed by atoms with Gasteiger partial charge in [-0.15, -0.1) is 10.2 Å². The maximum absolute atomic E-state index is 5.63. The first-order valence-corrected chi connectivity index (χ1v) is 5.59. The lowest BCUT2D eigenvalue weighted by molar-refractivity contribution is 0.473. The van der Waals surface area contributed by atoms with Crippen LogP contribution in [-0.2, 0) is 0 Å². The molecule has 1 unspecified atom stereocenters. The van der Waals surface area contributed by atoms with Crippen LogP contribution in [-0.4, -0.2) is 10.2 Å². The summed E-state index contributed by atoms with van der Waals surface area (Å²) in [5, 5.41) is 7.81. The molecule has 0 saturated heterocycles. The Morgan fingerprint density at radius 3 is 2.47 bits per heavy atom. The molecule has 0 fully saturated rings. The zero-order valence-electron chi connectivity index (χ0n) is 8.14. The topological polar surface area (TPSA) is 64.9 Å². The molecule has 0 bridgehead atoms. The molecule has 0 saturated carbocycles. The SMILES string of the molecule is CC(N)c1nnc(-c2ccc(I)cc2)o1. The summed E-state index contributed by atoms with van der Waals surface area (Å²) in [6, 6.07) is 7.65. The van der Waals surface area contributed by atoms with Crippen LogP contribution in [0.1, 0.15) is 18.9 Å². The van der Waals surface area contributed by atoms with Crippen molar-refractivity contribution in [3.05, 3.63) is 33.7 Å². The molecule has 1 aromatic heterocycles. The largest absolute Gasteiger partial charge is 0.419 e. The summed E-state index contributed by atoms with van der Waals surface area (Å²) >= 11 is 2.25. The van der Waals surface area contributed by atoms with Crippen LogP contribution < -0.4 is 5.73 Å². The number of hydrogen-bond donors (Lipinski definition) is 1. The second kappa shape index (κ2) is 4.28. The molecular formula is C10H10IN3O. The van der Waals surface area contributed by atoms with Crippen LogP contribution in [0.5, 0.6) is 0 Å². The third-order valence-electron chi connectivity index (χ3n) is 1.92. The Hall–Kier alpha value is -0.950. The third kappa shape index (κ3) is 2.35. The van der Waals surface area contributed by atoms with Crippen molar-refractivity contribution in [3.8, 4) is 11.5 Å². The van der Waals surface area contributed by atoms with E-state index in [1.165, 1.54) is 3.57 Å². The van der Waals surface area contributed by atoms with Crippen LogP contribution in [0.2, 0.25) is 0 Å². The van der Waals surface area contributed by atoms with Gasteiger partial charge in [-0.1, -0.05) is 0 Å². The predicted octanol–water partition coefficient (Wildman–Crippen LogP) is 2.36. The van der Waals surface area contributed by atoms with Crippen molar-refractivity contribution in [3.63, 3.8) is 0 Å². The summed E-state index contributed by atoms with van der Waals surface area (Å²) in [4.78, 5) is 0. The highest BCUT2D eigenvalue weighted by Gasteiger charge is 2.10. The fourth-order valence-corrected chi connectivity index (χ4v) is 1.49. The van der Waals surface area contributed by atoms with Crippen LogP contribution in [0, 0.1) is 3.57 Å². The first kappa shape index (κ1) is 10.6. The van der Waals surface area contributed by atoms with Gasteiger partial charge in [0.2, 0.25) is 11.8 Å². The molecule has 0 aliphatic carbocycles. The quantitative estimate of drug-likeness (QED) is 0.864. The molecule has 1 aromatic carbocycles. The van der Waals surface area contributed by atoms with Crippen molar-refractivity contribution >= 4 is 22.6 Å². The summed E-state index contributed by atoms with van der Waals surface area (Å²) in [5.41, 5.74) is 6.54. The Kier molecular flexibility index (Phi) is 3.01. The number of benzene rings is 1. The maximum Gasteiger partial charge on any atom is 0.247 e. The van der Waals surface area contributed by atoms with Crippen molar-refractivity contribution in [1.82, 2.24) is 10.2 Å². The number of aromatic nitrogens is 2. The summed E-state index contributed by atoms with van der Waals surface area (Å²) in [6.07, 6.45) is 0. The fourth-order valence-electron chi connectivity index (χ4n) is 1.13. The molecule has 4 nitrogen and oxygen atoms in total. The van der Waals surface area contributed by atoms with E-state index in [0.717, 1.165) is 5.56 Å². The minimum absolute atomic E-state index is 0.227. The second-order valence-corrected chi connectivity index (χ2v) is 4.49. The van der Waals surface area contributed by atoms with Gasteiger partial charge in [-0.3, -0.25) is 0 Å². The highest BCUT2D eigenvalue weighted by molar-refractivity contribution is 14.1. The first-order chi connectivity index (χ1) is 7.16. The van der Waals surface area contributed by atoms with Crippen molar-refractivity contribution in [1.29, 1.82) is 0 Å². The fraction of sp³-hybridized carbons (Fsp3) is 0.200. The molecule has 15 heavy (non-hydrogen) atoms. The van der Waals surface area contributed by atoms with Gasteiger partial charge in [0.05, 0.1) is 6.04 Å². The number of nitrogens with two attached hydrogens (primary N) is 1. The van der Waals surface area contributed by atoms with E-state index in [1.54, 1.807) is 0 Å². The van der Waals surface area contributed by atoms with Crippen LogP contribution in [0.25, 0.3) is 11.5 Å². The van der Waals surface area contributed by atoms with Gasteiger partial charge in [0.15, 0.2) is 0 Å². The first-order valence-electron chi connectivity index (χ1n) is 4.52. The Morgan fingerprint density at radius 1 is 1.27 bits per heavy atom. The number of halogens is 1. The predicted molar refractivity (Wildman–Crippen MR) is 65.1 cm³/mol. The van der Waals surface area contributed by atoms with Crippen molar-refractivity contribution < 1.29 is 4.42 Å². The molecule has 0 amide bonds. The Bertz CT molecular complexity index is 450. The van der Waals surface area contributed by atoms with E-state index in [1.807, 2.05) is 31.2 Å². The molecule has 78 valence electrons.